The maximum absolute atomic E-state index is 5.72. The van der Waals surface area contributed by atoms with Crippen molar-refractivity contribution in [2.24, 2.45) is 0 Å². The largest absolute Gasteiger partial charge is 0.338 e. The van der Waals surface area contributed by atoms with E-state index in [-0.39, 0.29) is 0 Å². The first-order valence-electron chi connectivity index (χ1n) is 4.84. The van der Waals surface area contributed by atoms with E-state index < -0.39 is 0 Å². The van der Waals surface area contributed by atoms with E-state index in [0.717, 1.165) is 5.69 Å². The second-order valence-corrected chi connectivity index (χ2v) is 3.81. The van der Waals surface area contributed by atoms with Crippen LogP contribution in [0.4, 0.5) is 5.95 Å². The Balaban J connectivity index is 2.09. The molecule has 0 radical (unpaired) electrons. The van der Waals surface area contributed by atoms with E-state index in [2.05, 4.69) is 15.0 Å². The van der Waals surface area contributed by atoms with Crippen LogP contribution in [0.25, 0.3) is 0 Å². The van der Waals surface area contributed by atoms with Crippen LogP contribution in [0, 0.1) is 0 Å². The number of nitrogens with zero attached hydrogens (tertiary/aromatic N) is 4. The molecule has 0 aliphatic heterocycles. The van der Waals surface area contributed by atoms with Crippen LogP contribution in [0.2, 0.25) is 5.02 Å². The molecule has 2 heterocycles. The molecule has 0 aromatic carbocycles. The normalized spacial score (nSPS) is 10.1. The first-order valence-corrected chi connectivity index (χ1v) is 5.22. The average molecular weight is 235 g/mol. The molecule has 0 atom stereocenters. The minimum atomic E-state index is 0.537. The van der Waals surface area contributed by atoms with Gasteiger partial charge in [0.2, 0.25) is 5.95 Å². The number of anilines is 1. The fourth-order valence-corrected chi connectivity index (χ4v) is 1.41. The molecule has 2 aromatic heterocycles. The molecule has 16 heavy (non-hydrogen) atoms. The zero-order chi connectivity index (χ0) is 11.4. The molecule has 0 saturated carbocycles. The van der Waals surface area contributed by atoms with Gasteiger partial charge in [0.05, 0.1) is 29.7 Å². The van der Waals surface area contributed by atoms with E-state index in [9.17, 15) is 0 Å². The predicted octanol–water partition coefficient (Wildman–Crippen LogP) is 2.16. The number of pyridine rings is 1. The summed E-state index contributed by atoms with van der Waals surface area (Å²) in [4.78, 5) is 14.4. The van der Waals surface area contributed by atoms with Crippen LogP contribution in [0.3, 0.4) is 0 Å². The second kappa shape index (κ2) is 4.90. The van der Waals surface area contributed by atoms with Crippen LogP contribution in [0.1, 0.15) is 5.69 Å². The third-order valence-electron chi connectivity index (χ3n) is 2.07. The van der Waals surface area contributed by atoms with Crippen molar-refractivity contribution >= 4 is 17.5 Å². The van der Waals surface area contributed by atoms with Gasteiger partial charge in [0.25, 0.3) is 0 Å². The average Bonchev–Trinajstić information content (AvgIpc) is 2.31. The van der Waals surface area contributed by atoms with Crippen LogP contribution < -0.4 is 4.90 Å². The molecule has 0 saturated heterocycles. The van der Waals surface area contributed by atoms with E-state index in [1.165, 1.54) is 0 Å². The Morgan fingerprint density at radius 2 is 1.94 bits per heavy atom. The zero-order valence-corrected chi connectivity index (χ0v) is 9.59. The van der Waals surface area contributed by atoms with Gasteiger partial charge in [-0.25, -0.2) is 9.97 Å². The Morgan fingerprint density at radius 1 is 1.19 bits per heavy atom. The second-order valence-electron chi connectivity index (χ2n) is 3.38. The van der Waals surface area contributed by atoms with Gasteiger partial charge in [-0.05, 0) is 12.1 Å². The molecule has 2 aromatic rings. The summed E-state index contributed by atoms with van der Waals surface area (Å²) in [7, 11) is 1.91. The van der Waals surface area contributed by atoms with Gasteiger partial charge in [-0.15, -0.1) is 0 Å². The summed E-state index contributed by atoms with van der Waals surface area (Å²) in [5, 5.41) is 0.537. The number of halogens is 1. The molecular weight excluding hydrogens is 224 g/mol. The maximum atomic E-state index is 5.72. The van der Waals surface area contributed by atoms with Crippen LogP contribution in [0.5, 0.6) is 0 Å². The Bertz CT molecular complexity index is 443. The highest BCUT2D eigenvalue weighted by Gasteiger charge is 2.04. The first kappa shape index (κ1) is 10.8. The number of aromatic nitrogens is 3. The van der Waals surface area contributed by atoms with E-state index in [1.54, 1.807) is 18.6 Å². The molecule has 82 valence electrons. The monoisotopic (exact) mass is 234 g/mol. The molecule has 0 aliphatic carbocycles. The molecule has 0 bridgehead atoms. The van der Waals surface area contributed by atoms with Crippen molar-refractivity contribution in [3.05, 3.63) is 47.5 Å². The minimum absolute atomic E-state index is 0.537. The third-order valence-corrected chi connectivity index (χ3v) is 2.27. The lowest BCUT2D eigenvalue weighted by Crippen LogP contribution is -2.19. The molecule has 0 unspecified atom stereocenters. The standard InChI is InChI=1S/C11H11ClN4/c1-16(8-10-4-2-3-5-13-10)11-14-6-9(12)7-15-11/h2-7H,8H2,1H3. The van der Waals surface area contributed by atoms with Crippen LogP contribution in [-0.4, -0.2) is 22.0 Å². The summed E-state index contributed by atoms with van der Waals surface area (Å²) in [6, 6.07) is 5.81. The lowest BCUT2D eigenvalue weighted by Gasteiger charge is -2.15. The number of hydrogen-bond donors (Lipinski definition) is 0. The highest BCUT2D eigenvalue weighted by atomic mass is 35.5. The smallest absolute Gasteiger partial charge is 0.225 e. The Labute approximate surface area is 98.9 Å². The lowest BCUT2D eigenvalue weighted by atomic mass is 10.3. The van der Waals surface area contributed by atoms with Gasteiger partial charge in [-0.3, -0.25) is 4.98 Å². The van der Waals surface area contributed by atoms with Crippen molar-refractivity contribution in [3.63, 3.8) is 0 Å². The van der Waals surface area contributed by atoms with Crippen molar-refractivity contribution in [1.29, 1.82) is 0 Å². The highest BCUT2D eigenvalue weighted by molar-refractivity contribution is 6.30. The van der Waals surface area contributed by atoms with Gasteiger partial charge in [-0.1, -0.05) is 17.7 Å². The molecule has 2 rings (SSSR count). The third kappa shape index (κ3) is 2.67. The highest BCUT2D eigenvalue weighted by Crippen LogP contribution is 2.10. The number of rotatable bonds is 3. The molecule has 4 nitrogen and oxygen atoms in total. The topological polar surface area (TPSA) is 41.9 Å². The molecule has 0 fully saturated rings. The molecule has 0 amide bonds. The summed E-state index contributed by atoms with van der Waals surface area (Å²) >= 11 is 5.72. The molecule has 0 spiro atoms. The quantitative estimate of drug-likeness (QED) is 0.816. The van der Waals surface area contributed by atoms with E-state index >= 15 is 0 Å². The van der Waals surface area contributed by atoms with Gasteiger partial charge >= 0.3 is 0 Å². The van der Waals surface area contributed by atoms with Gasteiger partial charge in [0.15, 0.2) is 0 Å². The Kier molecular flexibility index (Phi) is 3.31. The van der Waals surface area contributed by atoms with Gasteiger partial charge in [-0.2, -0.15) is 0 Å². The summed E-state index contributed by atoms with van der Waals surface area (Å²) in [5.41, 5.74) is 0.976. The predicted molar refractivity (Wildman–Crippen MR) is 63.4 cm³/mol. The summed E-state index contributed by atoms with van der Waals surface area (Å²) in [6.07, 6.45) is 4.93. The summed E-state index contributed by atoms with van der Waals surface area (Å²) in [5.74, 6) is 0.634. The van der Waals surface area contributed by atoms with Crippen molar-refractivity contribution in [3.8, 4) is 0 Å². The first-order chi connectivity index (χ1) is 7.75. The zero-order valence-electron chi connectivity index (χ0n) is 8.84. The summed E-state index contributed by atoms with van der Waals surface area (Å²) in [6.45, 7) is 0.669. The van der Waals surface area contributed by atoms with Gasteiger partial charge in [0, 0.05) is 13.2 Å². The fraction of sp³-hybridized carbons (Fsp3) is 0.182. The maximum Gasteiger partial charge on any atom is 0.225 e. The van der Waals surface area contributed by atoms with E-state index in [1.807, 2.05) is 30.1 Å². The molecule has 0 N–H and O–H groups in total. The Hall–Kier alpha value is -1.68. The van der Waals surface area contributed by atoms with Crippen LogP contribution in [-0.2, 0) is 6.54 Å². The van der Waals surface area contributed by atoms with E-state index in [4.69, 9.17) is 11.6 Å². The van der Waals surface area contributed by atoms with Crippen molar-refractivity contribution < 1.29 is 0 Å². The lowest BCUT2D eigenvalue weighted by molar-refractivity contribution is 0.841. The van der Waals surface area contributed by atoms with Crippen molar-refractivity contribution in [2.75, 3.05) is 11.9 Å². The minimum Gasteiger partial charge on any atom is -0.338 e. The van der Waals surface area contributed by atoms with Crippen LogP contribution in [0.15, 0.2) is 36.8 Å². The van der Waals surface area contributed by atoms with Crippen molar-refractivity contribution in [2.45, 2.75) is 6.54 Å². The summed E-state index contributed by atoms with van der Waals surface area (Å²) < 4.78 is 0. The fourth-order valence-electron chi connectivity index (χ4n) is 1.31. The number of hydrogen-bond acceptors (Lipinski definition) is 4. The Morgan fingerprint density at radius 3 is 2.56 bits per heavy atom. The SMILES string of the molecule is CN(Cc1ccccn1)c1ncc(Cl)cn1. The van der Waals surface area contributed by atoms with E-state index in [0.29, 0.717) is 17.5 Å². The molecule has 5 heteroatoms. The van der Waals surface area contributed by atoms with Gasteiger partial charge < -0.3 is 4.90 Å². The van der Waals surface area contributed by atoms with Gasteiger partial charge in [0.1, 0.15) is 0 Å². The van der Waals surface area contributed by atoms with Crippen LogP contribution >= 0.6 is 11.6 Å². The molecule has 0 aliphatic rings. The van der Waals surface area contributed by atoms with Crippen molar-refractivity contribution in [1.82, 2.24) is 15.0 Å². The molecular formula is C11H11ClN4.